The molecule has 0 unspecified atom stereocenters. The van der Waals surface area contributed by atoms with Crippen LogP contribution >= 0.6 is 0 Å². The van der Waals surface area contributed by atoms with E-state index in [1.165, 1.54) is 5.56 Å². The first-order valence-electron chi connectivity index (χ1n) is 7.08. The van der Waals surface area contributed by atoms with Crippen LogP contribution in [0.25, 0.3) is 0 Å². The monoisotopic (exact) mass is 268 g/mol. The smallest absolute Gasteiger partial charge is 0.298 e. The van der Waals surface area contributed by atoms with Crippen LogP contribution in [0.4, 0.5) is 5.69 Å². The number of carbonyl (C=O) groups is 1. The summed E-state index contributed by atoms with van der Waals surface area (Å²) in [5, 5.41) is 7.00. The summed E-state index contributed by atoms with van der Waals surface area (Å²) in [4.78, 5) is 18.8. The van der Waals surface area contributed by atoms with E-state index in [0.29, 0.717) is 5.92 Å². The Morgan fingerprint density at radius 1 is 1.35 bits per heavy atom. The Balaban J connectivity index is 1.67. The van der Waals surface area contributed by atoms with Crippen molar-refractivity contribution in [1.29, 1.82) is 0 Å². The Labute approximate surface area is 117 Å². The summed E-state index contributed by atoms with van der Waals surface area (Å²) in [6.45, 7) is 2.06. The Kier molecular flexibility index (Phi) is 2.42. The molecule has 1 aromatic heterocycles. The average molecular weight is 268 g/mol. The number of carbonyl (C=O) groups excluding carboxylic acids is 1. The maximum absolute atomic E-state index is 12.7. The second-order valence-corrected chi connectivity index (χ2v) is 5.68. The van der Waals surface area contributed by atoms with E-state index in [4.69, 9.17) is 0 Å². The van der Waals surface area contributed by atoms with Crippen molar-refractivity contribution in [1.82, 2.24) is 15.2 Å². The maximum atomic E-state index is 12.7. The number of nitrogens with one attached hydrogen (secondary N) is 1. The highest BCUT2D eigenvalue weighted by atomic mass is 16.2. The minimum absolute atomic E-state index is 0.106. The summed E-state index contributed by atoms with van der Waals surface area (Å²) in [6.07, 6.45) is 3.18. The van der Waals surface area contributed by atoms with Gasteiger partial charge in [0, 0.05) is 17.6 Å². The van der Waals surface area contributed by atoms with Crippen LogP contribution in [0.15, 0.2) is 24.3 Å². The molecule has 4 rings (SSSR count). The van der Waals surface area contributed by atoms with Crippen molar-refractivity contribution >= 4 is 11.6 Å². The van der Waals surface area contributed by atoms with Crippen LogP contribution in [-0.2, 0) is 6.42 Å². The molecule has 102 valence electrons. The Morgan fingerprint density at radius 3 is 2.95 bits per heavy atom. The third kappa shape index (κ3) is 1.73. The normalized spacial score (nSPS) is 21.1. The molecule has 0 spiro atoms. The fraction of sp³-hybridized carbons (Fsp3) is 0.400. The molecule has 5 nitrogen and oxygen atoms in total. The van der Waals surface area contributed by atoms with Gasteiger partial charge in [0.15, 0.2) is 0 Å². The van der Waals surface area contributed by atoms with E-state index in [1.807, 2.05) is 23.1 Å². The molecule has 20 heavy (non-hydrogen) atoms. The van der Waals surface area contributed by atoms with E-state index in [0.717, 1.165) is 30.8 Å². The number of rotatable bonds is 2. The van der Waals surface area contributed by atoms with Gasteiger partial charge in [0.1, 0.15) is 5.82 Å². The van der Waals surface area contributed by atoms with Crippen molar-refractivity contribution in [3.8, 4) is 0 Å². The highest BCUT2D eigenvalue weighted by molar-refractivity contribution is 6.05. The van der Waals surface area contributed by atoms with Crippen molar-refractivity contribution in [2.45, 2.75) is 38.1 Å². The van der Waals surface area contributed by atoms with Crippen molar-refractivity contribution in [3.05, 3.63) is 41.5 Å². The fourth-order valence-corrected chi connectivity index (χ4v) is 2.89. The van der Waals surface area contributed by atoms with Crippen LogP contribution < -0.4 is 4.90 Å². The average Bonchev–Trinajstić information content (AvgIpc) is 3.08. The first-order valence-corrected chi connectivity index (χ1v) is 7.08. The zero-order chi connectivity index (χ0) is 13.7. The lowest BCUT2D eigenvalue weighted by Crippen LogP contribution is -2.36. The third-order valence-electron chi connectivity index (χ3n) is 4.08. The highest BCUT2D eigenvalue weighted by Crippen LogP contribution is 2.38. The summed E-state index contributed by atoms with van der Waals surface area (Å²) in [5.41, 5.74) is 2.20. The topological polar surface area (TPSA) is 61.9 Å². The second-order valence-electron chi connectivity index (χ2n) is 5.68. The molecule has 1 atom stereocenters. The molecule has 1 saturated carbocycles. The standard InChI is InChI=1S/C15H16N4O/c1-9-8-11-4-2-3-5-12(11)19(9)15(20)14-16-13(17-18-14)10-6-7-10/h2-5,9-10H,6-8H2,1H3,(H,16,17,18)/t9-/m1/s1. The summed E-state index contributed by atoms with van der Waals surface area (Å²) >= 11 is 0. The van der Waals surface area contributed by atoms with Crippen molar-refractivity contribution in [2.24, 2.45) is 0 Å². The lowest BCUT2D eigenvalue weighted by molar-refractivity contribution is 0.0972. The van der Waals surface area contributed by atoms with Crippen LogP contribution in [0.3, 0.4) is 0 Å². The van der Waals surface area contributed by atoms with Crippen molar-refractivity contribution in [2.75, 3.05) is 4.90 Å². The minimum atomic E-state index is -0.106. The molecule has 2 heterocycles. The molecule has 0 bridgehead atoms. The van der Waals surface area contributed by atoms with Crippen LogP contribution in [0.5, 0.6) is 0 Å². The van der Waals surface area contributed by atoms with Crippen molar-refractivity contribution in [3.63, 3.8) is 0 Å². The first kappa shape index (κ1) is 11.6. The molecule has 1 aromatic carbocycles. The number of hydrogen-bond donors (Lipinski definition) is 1. The minimum Gasteiger partial charge on any atom is -0.302 e. The van der Waals surface area contributed by atoms with Gasteiger partial charge >= 0.3 is 0 Å². The number of benzene rings is 1. The number of fused-ring (bicyclic) bond motifs is 1. The zero-order valence-corrected chi connectivity index (χ0v) is 11.3. The van der Waals surface area contributed by atoms with Crippen LogP contribution in [-0.4, -0.2) is 27.1 Å². The largest absolute Gasteiger partial charge is 0.302 e. The van der Waals surface area contributed by atoms with Crippen molar-refractivity contribution < 1.29 is 4.79 Å². The molecule has 0 saturated heterocycles. The number of nitrogens with zero attached hydrogens (tertiary/aromatic N) is 3. The van der Waals surface area contributed by atoms with Gasteiger partial charge in [-0.2, -0.15) is 0 Å². The lowest BCUT2D eigenvalue weighted by atomic mass is 10.1. The molecule has 1 aliphatic heterocycles. The number of hydrogen-bond acceptors (Lipinski definition) is 3. The number of aromatic nitrogens is 3. The predicted octanol–water partition coefficient (Wildman–Crippen LogP) is 2.27. The molecule has 1 aliphatic carbocycles. The number of aromatic amines is 1. The maximum Gasteiger partial charge on any atom is 0.298 e. The van der Waals surface area contributed by atoms with Gasteiger partial charge in [-0.05, 0) is 37.8 Å². The molecular formula is C15H16N4O. The summed E-state index contributed by atoms with van der Waals surface area (Å²) in [5.74, 6) is 1.52. The summed E-state index contributed by atoms with van der Waals surface area (Å²) < 4.78 is 0. The number of anilines is 1. The van der Waals surface area contributed by atoms with Gasteiger partial charge in [0.25, 0.3) is 5.91 Å². The van der Waals surface area contributed by atoms with E-state index in [9.17, 15) is 4.79 Å². The summed E-state index contributed by atoms with van der Waals surface area (Å²) in [6, 6.07) is 8.20. The molecule has 1 fully saturated rings. The molecular weight excluding hydrogens is 252 g/mol. The van der Waals surface area contributed by atoms with Crippen LogP contribution in [0, 0.1) is 0 Å². The third-order valence-corrected chi connectivity index (χ3v) is 4.08. The lowest BCUT2D eigenvalue weighted by Gasteiger charge is -2.20. The van der Waals surface area contributed by atoms with Gasteiger partial charge in [-0.3, -0.25) is 9.89 Å². The molecule has 2 aliphatic rings. The van der Waals surface area contributed by atoms with Gasteiger partial charge in [-0.1, -0.05) is 18.2 Å². The van der Waals surface area contributed by atoms with E-state index in [2.05, 4.69) is 28.2 Å². The molecule has 1 N–H and O–H groups in total. The first-order chi connectivity index (χ1) is 9.74. The Morgan fingerprint density at radius 2 is 2.15 bits per heavy atom. The number of H-pyrrole nitrogens is 1. The van der Waals surface area contributed by atoms with Gasteiger partial charge in [-0.25, -0.2) is 4.98 Å². The van der Waals surface area contributed by atoms with Crippen LogP contribution in [0.2, 0.25) is 0 Å². The van der Waals surface area contributed by atoms with E-state index in [-0.39, 0.29) is 17.8 Å². The van der Waals surface area contributed by atoms with Gasteiger partial charge in [0.2, 0.25) is 5.82 Å². The fourth-order valence-electron chi connectivity index (χ4n) is 2.89. The Hall–Kier alpha value is -2.17. The van der Waals surface area contributed by atoms with E-state index in [1.54, 1.807) is 0 Å². The van der Waals surface area contributed by atoms with Gasteiger partial charge in [-0.15, -0.1) is 5.10 Å². The molecule has 2 aromatic rings. The quantitative estimate of drug-likeness (QED) is 0.908. The Bertz CT molecular complexity index is 674. The van der Waals surface area contributed by atoms with Crippen LogP contribution in [0.1, 0.15) is 47.7 Å². The SMILES string of the molecule is C[C@@H]1Cc2ccccc2N1C(=O)c1n[nH]c(C2CC2)n1. The second kappa shape index (κ2) is 4.16. The molecule has 0 radical (unpaired) electrons. The van der Waals surface area contributed by atoms with Gasteiger partial charge < -0.3 is 4.90 Å². The number of amides is 1. The number of para-hydroxylation sites is 1. The van der Waals surface area contributed by atoms with E-state index < -0.39 is 0 Å². The van der Waals surface area contributed by atoms with E-state index >= 15 is 0 Å². The molecule has 5 heteroatoms. The highest BCUT2D eigenvalue weighted by Gasteiger charge is 2.34. The zero-order valence-electron chi connectivity index (χ0n) is 11.3. The predicted molar refractivity (Wildman–Crippen MR) is 74.8 cm³/mol. The summed E-state index contributed by atoms with van der Waals surface area (Å²) in [7, 11) is 0. The molecule has 1 amide bonds. The van der Waals surface area contributed by atoms with Gasteiger partial charge in [0.05, 0.1) is 0 Å².